The van der Waals surface area contributed by atoms with Crippen LogP contribution in [0.2, 0.25) is 0 Å². The summed E-state index contributed by atoms with van der Waals surface area (Å²) in [6, 6.07) is 16.7. The Kier molecular flexibility index (Phi) is 4.54. The van der Waals surface area contributed by atoms with Crippen LogP contribution in [0.1, 0.15) is 30.5 Å². The lowest BCUT2D eigenvalue weighted by atomic mass is 10.0. The molecule has 0 fully saturated rings. The van der Waals surface area contributed by atoms with E-state index in [2.05, 4.69) is 47.1 Å². The number of amides is 1. The summed E-state index contributed by atoms with van der Waals surface area (Å²) in [6.45, 7) is 2.03. The van der Waals surface area contributed by atoms with Gasteiger partial charge in [-0.1, -0.05) is 36.4 Å². The van der Waals surface area contributed by atoms with Crippen LogP contribution in [0.3, 0.4) is 0 Å². The Morgan fingerprint density at radius 1 is 1.14 bits per heavy atom. The number of thiophene rings is 1. The second kappa shape index (κ2) is 6.75. The second-order valence-electron chi connectivity index (χ2n) is 5.53. The molecule has 22 heavy (non-hydrogen) atoms. The van der Waals surface area contributed by atoms with Crippen molar-refractivity contribution in [3.05, 3.63) is 70.4 Å². The van der Waals surface area contributed by atoms with Gasteiger partial charge < -0.3 is 5.32 Å². The summed E-state index contributed by atoms with van der Waals surface area (Å²) in [4.78, 5) is 12.1. The van der Waals surface area contributed by atoms with E-state index in [1.165, 1.54) is 16.3 Å². The van der Waals surface area contributed by atoms with Crippen LogP contribution in [0.25, 0.3) is 10.8 Å². The van der Waals surface area contributed by atoms with Crippen molar-refractivity contribution in [2.24, 2.45) is 0 Å². The van der Waals surface area contributed by atoms with Crippen LogP contribution in [0.5, 0.6) is 0 Å². The van der Waals surface area contributed by atoms with E-state index >= 15 is 0 Å². The van der Waals surface area contributed by atoms with Crippen molar-refractivity contribution < 1.29 is 4.79 Å². The highest BCUT2D eigenvalue weighted by atomic mass is 32.1. The maximum Gasteiger partial charge on any atom is 0.220 e. The molecule has 3 aromatic rings. The molecule has 1 N–H and O–H groups in total. The van der Waals surface area contributed by atoms with E-state index in [1.54, 1.807) is 11.3 Å². The lowest BCUT2D eigenvalue weighted by Crippen LogP contribution is -2.26. The standard InChI is InChI=1S/C19H19NOS/c1-14(20-19(21)9-6-15-10-11-22-13-15)17-8-7-16-4-2-3-5-18(16)12-17/h2-5,7-8,10-14H,6,9H2,1H3,(H,20,21). The molecule has 1 heterocycles. The topological polar surface area (TPSA) is 29.1 Å². The molecule has 1 aromatic heterocycles. The molecule has 112 valence electrons. The van der Waals surface area contributed by atoms with Gasteiger partial charge in [0, 0.05) is 6.42 Å². The van der Waals surface area contributed by atoms with Crippen molar-refractivity contribution in [3.63, 3.8) is 0 Å². The van der Waals surface area contributed by atoms with Gasteiger partial charge in [-0.3, -0.25) is 4.79 Å². The summed E-state index contributed by atoms with van der Waals surface area (Å²) in [6.07, 6.45) is 1.34. The Labute approximate surface area is 134 Å². The van der Waals surface area contributed by atoms with Crippen LogP contribution >= 0.6 is 11.3 Å². The highest BCUT2D eigenvalue weighted by Gasteiger charge is 2.10. The lowest BCUT2D eigenvalue weighted by molar-refractivity contribution is -0.121. The summed E-state index contributed by atoms with van der Waals surface area (Å²) < 4.78 is 0. The minimum absolute atomic E-state index is 0.0274. The molecule has 0 bridgehead atoms. The first kappa shape index (κ1) is 14.8. The summed E-state index contributed by atoms with van der Waals surface area (Å²) in [5.74, 6) is 0.104. The molecule has 2 nitrogen and oxygen atoms in total. The van der Waals surface area contributed by atoms with Gasteiger partial charge in [0.25, 0.3) is 0 Å². The zero-order valence-electron chi connectivity index (χ0n) is 12.6. The molecule has 2 aromatic carbocycles. The molecule has 0 saturated heterocycles. The summed E-state index contributed by atoms with van der Waals surface area (Å²) in [7, 11) is 0. The zero-order valence-corrected chi connectivity index (χ0v) is 13.4. The summed E-state index contributed by atoms with van der Waals surface area (Å²) >= 11 is 1.67. The second-order valence-corrected chi connectivity index (χ2v) is 6.31. The van der Waals surface area contributed by atoms with Gasteiger partial charge in [-0.15, -0.1) is 0 Å². The van der Waals surface area contributed by atoms with Crippen molar-refractivity contribution in [1.29, 1.82) is 0 Å². The van der Waals surface area contributed by atoms with E-state index in [1.807, 2.05) is 24.4 Å². The van der Waals surface area contributed by atoms with Crippen molar-refractivity contribution >= 4 is 28.0 Å². The monoisotopic (exact) mass is 309 g/mol. The maximum absolute atomic E-state index is 12.1. The largest absolute Gasteiger partial charge is 0.350 e. The smallest absolute Gasteiger partial charge is 0.220 e. The Hall–Kier alpha value is -2.13. The number of hydrogen-bond donors (Lipinski definition) is 1. The predicted octanol–water partition coefficient (Wildman–Crippen LogP) is 4.71. The molecule has 0 aliphatic carbocycles. The van der Waals surface area contributed by atoms with Crippen LogP contribution in [0.4, 0.5) is 0 Å². The molecule has 3 heteroatoms. The van der Waals surface area contributed by atoms with Gasteiger partial charge in [-0.2, -0.15) is 11.3 Å². The first-order valence-corrected chi connectivity index (χ1v) is 8.46. The van der Waals surface area contributed by atoms with E-state index in [9.17, 15) is 4.79 Å². The minimum Gasteiger partial charge on any atom is -0.350 e. The van der Waals surface area contributed by atoms with Crippen molar-refractivity contribution in [2.45, 2.75) is 25.8 Å². The van der Waals surface area contributed by atoms with E-state index in [0.717, 1.165) is 12.0 Å². The van der Waals surface area contributed by atoms with E-state index in [4.69, 9.17) is 0 Å². The molecule has 3 rings (SSSR count). The molecule has 0 spiro atoms. The maximum atomic E-state index is 12.1. The lowest BCUT2D eigenvalue weighted by Gasteiger charge is -2.15. The van der Waals surface area contributed by atoms with Gasteiger partial charge in [0.1, 0.15) is 0 Å². The summed E-state index contributed by atoms with van der Waals surface area (Å²) in [5.41, 5.74) is 2.38. The van der Waals surface area contributed by atoms with Gasteiger partial charge in [0.2, 0.25) is 5.91 Å². The van der Waals surface area contributed by atoms with E-state index in [-0.39, 0.29) is 11.9 Å². The Balaban J connectivity index is 1.62. The van der Waals surface area contributed by atoms with Gasteiger partial charge >= 0.3 is 0 Å². The van der Waals surface area contributed by atoms with Crippen LogP contribution in [0, 0.1) is 0 Å². The van der Waals surface area contributed by atoms with Gasteiger partial charge in [-0.05, 0) is 58.1 Å². The SMILES string of the molecule is CC(NC(=O)CCc1ccsc1)c1ccc2ccccc2c1. The molecule has 0 aliphatic heterocycles. The molecular weight excluding hydrogens is 290 g/mol. The van der Waals surface area contributed by atoms with Crippen LogP contribution < -0.4 is 5.32 Å². The van der Waals surface area contributed by atoms with Gasteiger partial charge in [-0.25, -0.2) is 0 Å². The fourth-order valence-electron chi connectivity index (χ4n) is 2.57. The minimum atomic E-state index is 0.0274. The average molecular weight is 309 g/mol. The number of aryl methyl sites for hydroxylation is 1. The first-order chi connectivity index (χ1) is 10.7. The number of hydrogen-bond acceptors (Lipinski definition) is 2. The predicted molar refractivity (Wildman–Crippen MR) is 93.1 cm³/mol. The van der Waals surface area contributed by atoms with E-state index in [0.29, 0.717) is 6.42 Å². The molecule has 0 saturated carbocycles. The fourth-order valence-corrected chi connectivity index (χ4v) is 3.27. The number of fused-ring (bicyclic) bond motifs is 1. The van der Waals surface area contributed by atoms with Crippen molar-refractivity contribution in [3.8, 4) is 0 Å². The van der Waals surface area contributed by atoms with Crippen LogP contribution in [-0.2, 0) is 11.2 Å². The number of rotatable bonds is 5. The zero-order chi connectivity index (χ0) is 15.4. The highest BCUT2D eigenvalue weighted by Crippen LogP contribution is 2.20. The van der Waals surface area contributed by atoms with Crippen molar-refractivity contribution in [1.82, 2.24) is 5.32 Å². The third kappa shape index (κ3) is 3.55. The van der Waals surface area contributed by atoms with Crippen molar-refractivity contribution in [2.75, 3.05) is 0 Å². The first-order valence-electron chi connectivity index (χ1n) is 7.51. The molecule has 0 aliphatic rings. The third-order valence-electron chi connectivity index (χ3n) is 3.87. The Bertz CT molecular complexity index is 764. The third-order valence-corrected chi connectivity index (χ3v) is 4.60. The average Bonchev–Trinajstić information content (AvgIpc) is 3.06. The van der Waals surface area contributed by atoms with Crippen LogP contribution in [0.15, 0.2) is 59.3 Å². The normalized spacial score (nSPS) is 12.2. The summed E-state index contributed by atoms with van der Waals surface area (Å²) in [5, 5.41) is 9.66. The molecule has 1 amide bonds. The number of benzene rings is 2. The van der Waals surface area contributed by atoms with Crippen LogP contribution in [-0.4, -0.2) is 5.91 Å². The molecule has 0 radical (unpaired) electrons. The molecule has 1 unspecified atom stereocenters. The fraction of sp³-hybridized carbons (Fsp3) is 0.211. The Morgan fingerprint density at radius 3 is 2.73 bits per heavy atom. The van der Waals surface area contributed by atoms with Gasteiger partial charge in [0.05, 0.1) is 6.04 Å². The molecular formula is C19H19NOS. The van der Waals surface area contributed by atoms with E-state index < -0.39 is 0 Å². The number of carbonyl (C=O) groups is 1. The number of nitrogens with one attached hydrogen (secondary N) is 1. The molecule has 1 atom stereocenters. The number of carbonyl (C=O) groups excluding carboxylic acids is 1. The Morgan fingerprint density at radius 2 is 1.95 bits per heavy atom. The highest BCUT2D eigenvalue weighted by molar-refractivity contribution is 7.07. The van der Waals surface area contributed by atoms with Gasteiger partial charge in [0.15, 0.2) is 0 Å². The quantitative estimate of drug-likeness (QED) is 0.726.